The molecule has 2 aliphatic carbocycles. The third-order valence-electron chi connectivity index (χ3n) is 5.66. The second-order valence-corrected chi connectivity index (χ2v) is 11.3. The van der Waals surface area contributed by atoms with Crippen molar-refractivity contribution in [2.45, 2.75) is 52.5 Å². The van der Waals surface area contributed by atoms with Crippen LogP contribution in [0.2, 0.25) is 0 Å². The van der Waals surface area contributed by atoms with Crippen molar-refractivity contribution in [1.29, 1.82) is 0 Å². The summed E-state index contributed by atoms with van der Waals surface area (Å²) in [6.45, 7) is 10.4. The molecule has 0 spiro atoms. The number of nitrogens with one attached hydrogen (secondary N) is 1. The van der Waals surface area contributed by atoms with Gasteiger partial charge in [0, 0.05) is 18.2 Å². The molecule has 0 saturated carbocycles. The lowest BCUT2D eigenvalue weighted by Crippen LogP contribution is -2.35. The Hall–Kier alpha value is -1.77. The number of likely N-dealkylation sites (N-methyl/N-ethyl adjacent to an activating group) is 1. The fraction of sp³-hybridized carbons (Fsp3) is 0.609. The molecule has 0 aliphatic heterocycles. The van der Waals surface area contributed by atoms with Crippen LogP contribution >= 0.6 is 0 Å². The molecule has 174 valence electrons. The number of nitrogens with two attached hydrogens (primary N) is 1. The van der Waals surface area contributed by atoms with E-state index in [9.17, 15) is 13.4 Å². The Kier molecular flexibility index (Phi) is 8.41. The Morgan fingerprint density at radius 3 is 2.45 bits per heavy atom. The van der Waals surface area contributed by atoms with Crippen LogP contribution in [0.4, 0.5) is 9.18 Å². The van der Waals surface area contributed by atoms with E-state index in [0.29, 0.717) is 12.1 Å². The third kappa shape index (κ3) is 6.37. The quantitative estimate of drug-likeness (QED) is 0.629. The summed E-state index contributed by atoms with van der Waals surface area (Å²) >= 11 is 0. The van der Waals surface area contributed by atoms with Crippen molar-refractivity contribution in [3.05, 3.63) is 46.7 Å². The zero-order chi connectivity index (χ0) is 23.5. The van der Waals surface area contributed by atoms with E-state index in [1.165, 1.54) is 0 Å². The smallest absolute Gasteiger partial charge is 0.305 e. The van der Waals surface area contributed by atoms with Gasteiger partial charge in [0.15, 0.2) is 0 Å². The first kappa shape index (κ1) is 25.5. The van der Waals surface area contributed by atoms with E-state index in [4.69, 9.17) is 5.14 Å². The molecule has 0 aromatic rings. The maximum Gasteiger partial charge on any atom is 0.354 e. The van der Waals surface area contributed by atoms with Crippen LogP contribution in [0.5, 0.6) is 0 Å². The summed E-state index contributed by atoms with van der Waals surface area (Å²) in [5.41, 5.74) is 3.26. The predicted octanol–water partition coefficient (Wildman–Crippen LogP) is 4.33. The molecule has 31 heavy (non-hydrogen) atoms. The lowest BCUT2D eigenvalue weighted by Gasteiger charge is -2.32. The van der Waals surface area contributed by atoms with Gasteiger partial charge in [-0.05, 0) is 55.1 Å². The van der Waals surface area contributed by atoms with Crippen LogP contribution in [0.25, 0.3) is 0 Å². The fourth-order valence-electron chi connectivity index (χ4n) is 4.11. The number of allylic oxidation sites excluding steroid dienone is 4. The molecule has 0 saturated heterocycles. The van der Waals surface area contributed by atoms with Crippen LogP contribution in [-0.4, -0.2) is 47.2 Å². The van der Waals surface area contributed by atoms with E-state index in [2.05, 4.69) is 9.68 Å². The number of hydrogen-bond donors (Lipinski definition) is 2. The van der Waals surface area contributed by atoms with Gasteiger partial charge in [0.1, 0.15) is 16.1 Å². The van der Waals surface area contributed by atoms with E-state index in [1.54, 1.807) is 12.2 Å². The first-order valence-electron chi connectivity index (χ1n) is 10.8. The number of rotatable bonds is 6. The van der Waals surface area contributed by atoms with Crippen molar-refractivity contribution >= 4 is 15.9 Å². The summed E-state index contributed by atoms with van der Waals surface area (Å²) in [5.74, 6) is -0.310. The third-order valence-corrected chi connectivity index (χ3v) is 7.32. The molecule has 3 N–H and O–H groups in total. The Morgan fingerprint density at radius 2 is 1.97 bits per heavy atom. The molecule has 2 amide bonds. The molecular formula is C23H37FN4O2S. The van der Waals surface area contributed by atoms with Gasteiger partial charge in [-0.2, -0.15) is 0 Å². The van der Waals surface area contributed by atoms with E-state index in [0.717, 1.165) is 23.3 Å². The van der Waals surface area contributed by atoms with Crippen molar-refractivity contribution in [2.24, 2.45) is 27.3 Å². The number of amides is 2. The largest absolute Gasteiger partial charge is 0.354 e. The van der Waals surface area contributed by atoms with Gasteiger partial charge in [0.2, 0.25) is 0 Å². The number of carbonyl (C=O) groups excluding carboxylic acids is 1. The van der Waals surface area contributed by atoms with Crippen molar-refractivity contribution in [3.63, 3.8) is 0 Å². The number of alkyl halides is 1. The molecule has 2 rings (SSSR count). The van der Waals surface area contributed by atoms with Gasteiger partial charge in [0.05, 0.1) is 5.25 Å². The summed E-state index contributed by atoms with van der Waals surface area (Å²) in [6.07, 6.45) is 6.56. The lowest BCUT2D eigenvalue weighted by molar-refractivity contribution is 0.250. The van der Waals surface area contributed by atoms with Crippen molar-refractivity contribution in [1.82, 2.24) is 10.2 Å². The zero-order valence-corrected chi connectivity index (χ0v) is 20.5. The van der Waals surface area contributed by atoms with Gasteiger partial charge in [-0.1, -0.05) is 52.8 Å². The highest BCUT2D eigenvalue weighted by Gasteiger charge is 2.32. The minimum Gasteiger partial charge on any atom is -0.305 e. The van der Waals surface area contributed by atoms with Crippen LogP contribution < -0.4 is 10.5 Å². The van der Waals surface area contributed by atoms with E-state index in [-0.39, 0.29) is 17.8 Å². The maximum atomic E-state index is 14.6. The predicted molar refractivity (Wildman–Crippen MR) is 126 cm³/mol. The summed E-state index contributed by atoms with van der Waals surface area (Å²) in [7, 11) is 0.669. The maximum absolute atomic E-state index is 14.6. The minimum absolute atomic E-state index is 0.0126. The first-order valence-corrected chi connectivity index (χ1v) is 12.4. The molecule has 4 unspecified atom stereocenters. The second-order valence-electron chi connectivity index (χ2n) is 9.28. The molecule has 2 aliphatic rings. The average molecular weight is 453 g/mol. The lowest BCUT2D eigenvalue weighted by atomic mass is 9.78. The van der Waals surface area contributed by atoms with Gasteiger partial charge in [-0.15, -0.1) is 4.36 Å². The molecule has 0 radical (unpaired) electrons. The molecule has 0 fully saturated rings. The second kappa shape index (κ2) is 10.2. The van der Waals surface area contributed by atoms with Gasteiger partial charge < -0.3 is 10.2 Å². The molecule has 0 aromatic heterocycles. The highest BCUT2D eigenvalue weighted by molar-refractivity contribution is 7.92. The highest BCUT2D eigenvalue weighted by atomic mass is 32.2. The molecule has 4 atom stereocenters. The Morgan fingerprint density at radius 1 is 1.32 bits per heavy atom. The molecule has 0 heterocycles. The molecule has 0 bridgehead atoms. The molecule has 8 heteroatoms. The van der Waals surface area contributed by atoms with E-state index >= 15 is 0 Å². The van der Waals surface area contributed by atoms with Gasteiger partial charge in [0.25, 0.3) is 0 Å². The van der Waals surface area contributed by atoms with Gasteiger partial charge >= 0.3 is 6.03 Å². The summed E-state index contributed by atoms with van der Waals surface area (Å²) in [6, 6.07) is -0.756. The topological polar surface area (TPSA) is 87.8 Å². The van der Waals surface area contributed by atoms with Crippen LogP contribution in [0, 0.1) is 17.8 Å². The zero-order valence-electron chi connectivity index (χ0n) is 19.7. The SMILES string of the molecule is CC(C)C1=CC(F)C(C)C(C(C)C)=C1NC(=O)N=S(N)(=O)C1C=CC(CN(C)C)=CC1. The monoisotopic (exact) mass is 452 g/mol. The van der Waals surface area contributed by atoms with E-state index < -0.39 is 27.4 Å². The molecule has 6 nitrogen and oxygen atoms in total. The van der Waals surface area contributed by atoms with Gasteiger partial charge in [-0.25, -0.2) is 18.5 Å². The average Bonchev–Trinajstić information content (AvgIpc) is 2.63. The fourth-order valence-corrected chi connectivity index (χ4v) is 5.23. The Bertz CT molecular complexity index is 937. The van der Waals surface area contributed by atoms with Crippen molar-refractivity contribution in [3.8, 4) is 0 Å². The standard InChI is InChI=1S/C23H37FN4O2S/c1-14(2)19-12-20(24)16(5)21(15(3)4)22(19)26-23(29)27-31(25,30)18-10-8-17(9-11-18)13-28(6)7/h8-10,12,14-16,18,20H,11,13H2,1-7H3,(H3,25,26,27,29,30). The molecule has 0 aromatic carbocycles. The van der Waals surface area contributed by atoms with Crippen LogP contribution in [0.3, 0.4) is 0 Å². The van der Waals surface area contributed by atoms with Crippen LogP contribution in [-0.2, 0) is 9.92 Å². The van der Waals surface area contributed by atoms with E-state index in [1.807, 2.05) is 65.8 Å². The van der Waals surface area contributed by atoms with Gasteiger partial charge in [-0.3, -0.25) is 0 Å². The number of hydrogen-bond acceptors (Lipinski definition) is 3. The number of nitrogens with zero attached hydrogens (tertiary/aromatic N) is 2. The Labute approximate surface area is 186 Å². The summed E-state index contributed by atoms with van der Waals surface area (Å²) in [5, 5.41) is 8.26. The Balaban J connectivity index is 2.29. The van der Waals surface area contributed by atoms with Crippen LogP contribution in [0.15, 0.2) is 51.1 Å². The first-order chi connectivity index (χ1) is 14.3. The normalized spacial score (nSPS) is 26.1. The van der Waals surface area contributed by atoms with Crippen molar-refractivity contribution < 1.29 is 13.4 Å². The highest BCUT2D eigenvalue weighted by Crippen LogP contribution is 2.37. The number of halogens is 1. The minimum atomic E-state index is -3.28. The summed E-state index contributed by atoms with van der Waals surface area (Å²) in [4.78, 5) is 14.8. The number of urea groups is 1. The van der Waals surface area contributed by atoms with Crippen LogP contribution in [0.1, 0.15) is 41.0 Å². The van der Waals surface area contributed by atoms with Crippen molar-refractivity contribution in [2.75, 3.05) is 20.6 Å². The summed E-state index contributed by atoms with van der Waals surface area (Å²) < 4.78 is 31.5. The number of carbonyl (C=O) groups is 1. The molecular weight excluding hydrogens is 415 g/mol.